The molecule has 2 fully saturated rings. The van der Waals surface area contributed by atoms with Crippen molar-refractivity contribution < 1.29 is 14.3 Å². The second-order valence-electron chi connectivity index (χ2n) is 7.15. The van der Waals surface area contributed by atoms with Crippen LogP contribution in [0.15, 0.2) is 30.3 Å². The van der Waals surface area contributed by atoms with Crippen LogP contribution in [0, 0.1) is 11.8 Å². The average molecular weight is 359 g/mol. The molecule has 3 atom stereocenters. The standard InChI is InChI=1S/C20H29N3O3/c21-10-11-22-19(24)16-8-4-12-23(14-16)20(25)17-9-5-13-26-18(17)15-6-2-1-3-7-15/h1-3,6-7,16-18H,4-5,8-14,21H2,(H,22,24). The lowest BCUT2D eigenvalue weighted by molar-refractivity contribution is -0.148. The Balaban J connectivity index is 1.67. The van der Waals surface area contributed by atoms with E-state index >= 15 is 0 Å². The minimum absolute atomic E-state index is 0.00690. The van der Waals surface area contributed by atoms with Gasteiger partial charge in [-0.25, -0.2) is 0 Å². The van der Waals surface area contributed by atoms with Crippen molar-refractivity contribution in [3.63, 3.8) is 0 Å². The smallest absolute Gasteiger partial charge is 0.228 e. The molecule has 2 saturated heterocycles. The Kier molecular flexibility index (Phi) is 6.63. The summed E-state index contributed by atoms with van der Waals surface area (Å²) < 4.78 is 5.98. The Hall–Kier alpha value is -1.92. The second-order valence-corrected chi connectivity index (χ2v) is 7.15. The monoisotopic (exact) mass is 359 g/mol. The van der Waals surface area contributed by atoms with Gasteiger partial charge in [-0.2, -0.15) is 0 Å². The summed E-state index contributed by atoms with van der Waals surface area (Å²) in [7, 11) is 0. The second kappa shape index (κ2) is 9.14. The van der Waals surface area contributed by atoms with Gasteiger partial charge in [-0.05, 0) is 31.2 Å². The van der Waals surface area contributed by atoms with Crippen molar-refractivity contribution in [1.29, 1.82) is 0 Å². The Bertz CT molecular complexity index is 608. The molecule has 2 amide bonds. The number of piperidine rings is 1. The highest BCUT2D eigenvalue weighted by atomic mass is 16.5. The van der Waals surface area contributed by atoms with Crippen LogP contribution in [0.2, 0.25) is 0 Å². The molecular formula is C20H29N3O3. The molecule has 1 aromatic carbocycles. The van der Waals surface area contributed by atoms with Crippen molar-refractivity contribution in [2.24, 2.45) is 17.6 Å². The molecule has 0 aliphatic carbocycles. The van der Waals surface area contributed by atoms with E-state index in [4.69, 9.17) is 10.5 Å². The van der Waals surface area contributed by atoms with Gasteiger partial charge in [0.1, 0.15) is 0 Å². The number of carbonyl (C=O) groups excluding carboxylic acids is 2. The molecule has 26 heavy (non-hydrogen) atoms. The molecule has 2 aliphatic rings. The number of amides is 2. The average Bonchev–Trinajstić information content (AvgIpc) is 2.72. The number of ether oxygens (including phenoxy) is 1. The molecule has 1 aromatic rings. The molecule has 3 rings (SSSR count). The predicted octanol–water partition coefficient (Wildman–Crippen LogP) is 1.47. The molecule has 0 saturated carbocycles. The van der Waals surface area contributed by atoms with Crippen molar-refractivity contribution in [3.8, 4) is 0 Å². The fourth-order valence-corrected chi connectivity index (χ4v) is 3.97. The number of carbonyl (C=O) groups is 2. The number of benzene rings is 1. The number of nitrogens with two attached hydrogens (primary N) is 1. The molecular weight excluding hydrogens is 330 g/mol. The molecule has 6 nitrogen and oxygen atoms in total. The Morgan fingerprint density at radius 3 is 2.77 bits per heavy atom. The molecule has 0 spiro atoms. The van der Waals surface area contributed by atoms with Crippen molar-refractivity contribution >= 4 is 11.8 Å². The maximum absolute atomic E-state index is 13.2. The molecule has 0 radical (unpaired) electrons. The van der Waals surface area contributed by atoms with Crippen LogP contribution in [-0.2, 0) is 14.3 Å². The fraction of sp³-hybridized carbons (Fsp3) is 0.600. The normalized spacial score (nSPS) is 26.3. The lowest BCUT2D eigenvalue weighted by atomic mass is 9.87. The lowest BCUT2D eigenvalue weighted by Crippen LogP contribution is -2.49. The number of nitrogens with zero attached hydrogens (tertiary/aromatic N) is 1. The van der Waals surface area contributed by atoms with Crippen LogP contribution in [0.5, 0.6) is 0 Å². The SMILES string of the molecule is NCCNC(=O)C1CCCN(C(=O)C2CCCOC2c2ccccc2)C1. The van der Waals surface area contributed by atoms with Crippen molar-refractivity contribution in [2.75, 3.05) is 32.8 Å². The minimum Gasteiger partial charge on any atom is -0.373 e. The molecule has 3 unspecified atom stereocenters. The summed E-state index contributed by atoms with van der Waals surface area (Å²) in [5, 5.41) is 2.85. The zero-order valence-electron chi connectivity index (χ0n) is 15.2. The van der Waals surface area contributed by atoms with Crippen LogP contribution in [0.1, 0.15) is 37.4 Å². The third kappa shape index (κ3) is 4.43. The summed E-state index contributed by atoms with van der Waals surface area (Å²) in [6.07, 6.45) is 3.22. The predicted molar refractivity (Wildman–Crippen MR) is 99.2 cm³/mol. The minimum atomic E-state index is -0.191. The first kappa shape index (κ1) is 18.9. The highest BCUT2D eigenvalue weighted by molar-refractivity contribution is 5.83. The highest BCUT2D eigenvalue weighted by Crippen LogP contribution is 2.35. The van der Waals surface area contributed by atoms with Crippen LogP contribution in [0.3, 0.4) is 0 Å². The van der Waals surface area contributed by atoms with Gasteiger partial charge in [0, 0.05) is 32.8 Å². The van der Waals surface area contributed by atoms with Gasteiger partial charge in [-0.1, -0.05) is 30.3 Å². The maximum atomic E-state index is 13.2. The summed E-state index contributed by atoms with van der Waals surface area (Å²) in [6.45, 7) is 2.81. The lowest BCUT2D eigenvalue weighted by Gasteiger charge is -2.38. The first-order chi connectivity index (χ1) is 12.7. The summed E-state index contributed by atoms with van der Waals surface area (Å²) >= 11 is 0. The summed E-state index contributed by atoms with van der Waals surface area (Å²) in [6, 6.07) is 9.98. The Morgan fingerprint density at radius 1 is 1.19 bits per heavy atom. The number of rotatable bonds is 5. The first-order valence-electron chi connectivity index (χ1n) is 9.64. The van der Waals surface area contributed by atoms with E-state index in [1.807, 2.05) is 35.2 Å². The summed E-state index contributed by atoms with van der Waals surface area (Å²) in [5.74, 6) is -0.182. The molecule has 0 aromatic heterocycles. The zero-order chi connectivity index (χ0) is 18.4. The van der Waals surface area contributed by atoms with Gasteiger partial charge in [0.2, 0.25) is 11.8 Å². The molecule has 3 N–H and O–H groups in total. The molecule has 0 bridgehead atoms. The molecule has 2 heterocycles. The molecule has 6 heteroatoms. The largest absolute Gasteiger partial charge is 0.373 e. The van der Waals surface area contributed by atoms with Gasteiger partial charge >= 0.3 is 0 Å². The fourth-order valence-electron chi connectivity index (χ4n) is 3.97. The zero-order valence-corrected chi connectivity index (χ0v) is 15.2. The van der Waals surface area contributed by atoms with Crippen LogP contribution in [-0.4, -0.2) is 49.5 Å². The Labute approximate surface area is 155 Å². The van der Waals surface area contributed by atoms with E-state index in [-0.39, 0.29) is 29.8 Å². The van der Waals surface area contributed by atoms with Gasteiger partial charge < -0.3 is 20.7 Å². The van der Waals surface area contributed by atoms with E-state index in [1.54, 1.807) is 0 Å². The third-order valence-corrected chi connectivity index (χ3v) is 5.32. The maximum Gasteiger partial charge on any atom is 0.228 e. The number of likely N-dealkylation sites (tertiary alicyclic amines) is 1. The number of hydrogen-bond donors (Lipinski definition) is 2. The summed E-state index contributed by atoms with van der Waals surface area (Å²) in [5.41, 5.74) is 6.51. The van der Waals surface area contributed by atoms with Crippen molar-refractivity contribution in [2.45, 2.75) is 31.8 Å². The van der Waals surface area contributed by atoms with Gasteiger partial charge in [0.25, 0.3) is 0 Å². The van der Waals surface area contributed by atoms with E-state index in [0.717, 1.165) is 37.8 Å². The van der Waals surface area contributed by atoms with E-state index in [0.29, 0.717) is 26.2 Å². The number of nitrogens with one attached hydrogen (secondary N) is 1. The molecule has 142 valence electrons. The number of hydrogen-bond acceptors (Lipinski definition) is 4. The van der Waals surface area contributed by atoms with Gasteiger partial charge in [-0.15, -0.1) is 0 Å². The molecule has 2 aliphatic heterocycles. The topological polar surface area (TPSA) is 84.7 Å². The third-order valence-electron chi connectivity index (χ3n) is 5.32. The van der Waals surface area contributed by atoms with Crippen LogP contribution in [0.25, 0.3) is 0 Å². The van der Waals surface area contributed by atoms with E-state index < -0.39 is 0 Å². The van der Waals surface area contributed by atoms with Crippen molar-refractivity contribution in [3.05, 3.63) is 35.9 Å². The summed E-state index contributed by atoms with van der Waals surface area (Å²) in [4.78, 5) is 27.3. The first-order valence-corrected chi connectivity index (χ1v) is 9.64. The van der Waals surface area contributed by atoms with E-state index in [9.17, 15) is 9.59 Å². The van der Waals surface area contributed by atoms with Crippen LogP contribution < -0.4 is 11.1 Å². The van der Waals surface area contributed by atoms with Crippen LogP contribution >= 0.6 is 0 Å². The van der Waals surface area contributed by atoms with Gasteiger partial charge in [0.05, 0.1) is 17.9 Å². The van der Waals surface area contributed by atoms with Gasteiger partial charge in [0.15, 0.2) is 0 Å². The van der Waals surface area contributed by atoms with Crippen molar-refractivity contribution in [1.82, 2.24) is 10.2 Å². The Morgan fingerprint density at radius 2 is 2.00 bits per heavy atom. The quantitative estimate of drug-likeness (QED) is 0.834. The van der Waals surface area contributed by atoms with E-state index in [1.165, 1.54) is 0 Å². The van der Waals surface area contributed by atoms with Crippen LogP contribution in [0.4, 0.5) is 0 Å². The highest BCUT2D eigenvalue weighted by Gasteiger charge is 2.38. The van der Waals surface area contributed by atoms with E-state index in [2.05, 4.69) is 5.32 Å². The van der Waals surface area contributed by atoms with Gasteiger partial charge in [-0.3, -0.25) is 9.59 Å².